The van der Waals surface area contributed by atoms with Crippen LogP contribution in [0, 0.1) is 5.82 Å². The molecule has 1 atom stereocenters. The highest BCUT2D eigenvalue weighted by Gasteiger charge is 2.15. The molecule has 0 bridgehead atoms. The standard InChI is InChI=1S/C12H16FNO/c1-2-9-3-4-10(7-12(9)13)14-11-5-6-15-8-11/h3-4,7,11,14H,2,5-6,8H2,1H3. The Balaban J connectivity index is 2.05. The highest BCUT2D eigenvalue weighted by atomic mass is 19.1. The molecule has 1 N–H and O–H groups in total. The topological polar surface area (TPSA) is 21.3 Å². The molecule has 0 spiro atoms. The number of halogens is 1. The molecular weight excluding hydrogens is 193 g/mol. The Bertz CT molecular complexity index is 334. The Kier molecular flexibility index (Phi) is 3.21. The predicted molar refractivity (Wildman–Crippen MR) is 58.6 cm³/mol. The normalized spacial score (nSPS) is 20.5. The lowest BCUT2D eigenvalue weighted by Gasteiger charge is -2.12. The summed E-state index contributed by atoms with van der Waals surface area (Å²) < 4.78 is 18.7. The minimum absolute atomic E-state index is 0.124. The van der Waals surface area contributed by atoms with E-state index in [4.69, 9.17) is 4.74 Å². The van der Waals surface area contributed by atoms with Crippen LogP contribution in [-0.4, -0.2) is 19.3 Å². The quantitative estimate of drug-likeness (QED) is 0.826. The number of anilines is 1. The molecule has 2 rings (SSSR count). The van der Waals surface area contributed by atoms with Crippen LogP contribution in [-0.2, 0) is 11.2 Å². The van der Waals surface area contributed by atoms with Crippen molar-refractivity contribution in [3.63, 3.8) is 0 Å². The summed E-state index contributed by atoms with van der Waals surface area (Å²) in [6.45, 7) is 3.47. The lowest BCUT2D eigenvalue weighted by Crippen LogP contribution is -2.18. The average Bonchev–Trinajstić information content (AvgIpc) is 2.71. The van der Waals surface area contributed by atoms with Crippen molar-refractivity contribution in [1.82, 2.24) is 0 Å². The molecule has 1 aromatic rings. The first-order chi connectivity index (χ1) is 7.29. The highest BCUT2D eigenvalue weighted by Crippen LogP contribution is 2.17. The van der Waals surface area contributed by atoms with Crippen molar-refractivity contribution in [1.29, 1.82) is 0 Å². The maximum absolute atomic E-state index is 13.5. The number of hydrogen-bond donors (Lipinski definition) is 1. The van der Waals surface area contributed by atoms with Crippen LogP contribution in [0.15, 0.2) is 18.2 Å². The van der Waals surface area contributed by atoms with Crippen LogP contribution in [0.4, 0.5) is 10.1 Å². The summed E-state index contributed by atoms with van der Waals surface area (Å²) in [4.78, 5) is 0. The molecule has 1 fully saturated rings. The predicted octanol–water partition coefficient (Wildman–Crippen LogP) is 2.59. The molecule has 0 radical (unpaired) electrons. The monoisotopic (exact) mass is 209 g/mol. The van der Waals surface area contributed by atoms with E-state index in [1.165, 1.54) is 0 Å². The van der Waals surface area contributed by atoms with Crippen molar-refractivity contribution >= 4 is 5.69 Å². The number of hydrogen-bond acceptors (Lipinski definition) is 2. The summed E-state index contributed by atoms with van der Waals surface area (Å²) >= 11 is 0. The van der Waals surface area contributed by atoms with E-state index in [1.54, 1.807) is 6.07 Å². The molecule has 3 heteroatoms. The van der Waals surface area contributed by atoms with Crippen molar-refractivity contribution in [3.05, 3.63) is 29.6 Å². The van der Waals surface area contributed by atoms with Crippen molar-refractivity contribution in [2.45, 2.75) is 25.8 Å². The molecule has 1 heterocycles. The van der Waals surface area contributed by atoms with E-state index in [9.17, 15) is 4.39 Å². The third kappa shape index (κ3) is 2.48. The zero-order valence-corrected chi connectivity index (χ0v) is 8.92. The third-order valence-electron chi connectivity index (χ3n) is 2.73. The van der Waals surface area contributed by atoms with Gasteiger partial charge in [0, 0.05) is 12.3 Å². The van der Waals surface area contributed by atoms with Crippen molar-refractivity contribution < 1.29 is 9.13 Å². The van der Waals surface area contributed by atoms with Crippen LogP contribution < -0.4 is 5.32 Å². The van der Waals surface area contributed by atoms with Gasteiger partial charge < -0.3 is 10.1 Å². The van der Waals surface area contributed by atoms with E-state index in [2.05, 4.69) is 5.32 Å². The number of aryl methyl sites for hydroxylation is 1. The van der Waals surface area contributed by atoms with Crippen LogP contribution in [0.25, 0.3) is 0 Å². The van der Waals surface area contributed by atoms with E-state index < -0.39 is 0 Å². The van der Waals surface area contributed by atoms with Crippen LogP contribution >= 0.6 is 0 Å². The number of nitrogens with one attached hydrogen (secondary N) is 1. The molecule has 2 nitrogen and oxygen atoms in total. The second-order valence-electron chi connectivity index (χ2n) is 3.86. The van der Waals surface area contributed by atoms with Crippen LogP contribution in [0.1, 0.15) is 18.9 Å². The first-order valence-electron chi connectivity index (χ1n) is 5.42. The molecule has 0 aromatic heterocycles. The van der Waals surface area contributed by atoms with Gasteiger partial charge in [-0.3, -0.25) is 0 Å². The molecule has 1 unspecified atom stereocenters. The minimum Gasteiger partial charge on any atom is -0.380 e. The van der Waals surface area contributed by atoms with Gasteiger partial charge in [0.1, 0.15) is 5.82 Å². The Hall–Kier alpha value is -1.09. The second-order valence-corrected chi connectivity index (χ2v) is 3.86. The number of benzene rings is 1. The molecule has 1 saturated heterocycles. The van der Waals surface area contributed by atoms with Gasteiger partial charge in [-0.05, 0) is 30.5 Å². The number of ether oxygens (including phenoxy) is 1. The Morgan fingerprint density at radius 1 is 1.53 bits per heavy atom. The van der Waals surface area contributed by atoms with Gasteiger partial charge in [0.05, 0.1) is 12.6 Å². The summed E-state index contributed by atoms with van der Waals surface area (Å²) in [7, 11) is 0. The lowest BCUT2D eigenvalue weighted by atomic mass is 10.1. The van der Waals surface area contributed by atoms with Gasteiger partial charge in [0.2, 0.25) is 0 Å². The lowest BCUT2D eigenvalue weighted by molar-refractivity contribution is 0.195. The van der Waals surface area contributed by atoms with Gasteiger partial charge in [-0.2, -0.15) is 0 Å². The second kappa shape index (κ2) is 4.62. The fraction of sp³-hybridized carbons (Fsp3) is 0.500. The fourth-order valence-electron chi connectivity index (χ4n) is 1.81. The van der Waals surface area contributed by atoms with Gasteiger partial charge in [0.25, 0.3) is 0 Å². The van der Waals surface area contributed by atoms with E-state index in [1.807, 2.05) is 19.1 Å². The van der Waals surface area contributed by atoms with Gasteiger partial charge in [-0.15, -0.1) is 0 Å². The third-order valence-corrected chi connectivity index (χ3v) is 2.73. The summed E-state index contributed by atoms with van der Waals surface area (Å²) in [5, 5.41) is 3.27. The van der Waals surface area contributed by atoms with Crippen molar-refractivity contribution in [2.24, 2.45) is 0 Å². The highest BCUT2D eigenvalue weighted by molar-refractivity contribution is 5.46. The van der Waals surface area contributed by atoms with E-state index in [0.717, 1.165) is 37.3 Å². The smallest absolute Gasteiger partial charge is 0.128 e. The summed E-state index contributed by atoms with van der Waals surface area (Å²) in [6.07, 6.45) is 1.73. The summed E-state index contributed by atoms with van der Waals surface area (Å²) in [6, 6.07) is 5.67. The molecule has 1 aliphatic heterocycles. The maximum atomic E-state index is 13.5. The van der Waals surface area contributed by atoms with E-state index >= 15 is 0 Å². The molecule has 1 aliphatic rings. The Morgan fingerprint density at radius 2 is 2.40 bits per heavy atom. The maximum Gasteiger partial charge on any atom is 0.128 e. The molecular formula is C12H16FNO. The molecule has 0 saturated carbocycles. The molecule has 1 aromatic carbocycles. The van der Waals surface area contributed by atoms with Crippen molar-refractivity contribution in [3.8, 4) is 0 Å². The molecule has 0 aliphatic carbocycles. The van der Waals surface area contributed by atoms with Gasteiger partial charge >= 0.3 is 0 Å². The molecule has 0 amide bonds. The Morgan fingerprint density at radius 3 is 3.00 bits per heavy atom. The first-order valence-corrected chi connectivity index (χ1v) is 5.42. The summed E-state index contributed by atoms with van der Waals surface area (Å²) in [5.74, 6) is -0.124. The Labute approximate surface area is 89.4 Å². The SMILES string of the molecule is CCc1ccc(NC2CCOC2)cc1F. The summed E-state index contributed by atoms with van der Waals surface area (Å²) in [5.41, 5.74) is 1.61. The van der Waals surface area contributed by atoms with Crippen LogP contribution in [0.5, 0.6) is 0 Å². The van der Waals surface area contributed by atoms with Crippen LogP contribution in [0.3, 0.4) is 0 Å². The zero-order chi connectivity index (χ0) is 10.7. The molecule has 82 valence electrons. The van der Waals surface area contributed by atoms with Crippen molar-refractivity contribution in [2.75, 3.05) is 18.5 Å². The number of rotatable bonds is 3. The van der Waals surface area contributed by atoms with Gasteiger partial charge in [0.15, 0.2) is 0 Å². The zero-order valence-electron chi connectivity index (χ0n) is 8.92. The van der Waals surface area contributed by atoms with E-state index in [0.29, 0.717) is 6.04 Å². The average molecular weight is 209 g/mol. The van der Waals surface area contributed by atoms with Crippen LogP contribution in [0.2, 0.25) is 0 Å². The van der Waals surface area contributed by atoms with Gasteiger partial charge in [-0.25, -0.2) is 4.39 Å². The minimum atomic E-state index is -0.124. The molecule has 15 heavy (non-hydrogen) atoms. The largest absolute Gasteiger partial charge is 0.380 e. The van der Waals surface area contributed by atoms with E-state index in [-0.39, 0.29) is 5.82 Å². The first kappa shape index (κ1) is 10.4. The van der Waals surface area contributed by atoms with Gasteiger partial charge in [-0.1, -0.05) is 13.0 Å². The fourth-order valence-corrected chi connectivity index (χ4v) is 1.81.